The second-order valence-corrected chi connectivity index (χ2v) is 9.50. The van der Waals surface area contributed by atoms with Crippen molar-refractivity contribution >= 4 is 0 Å². The van der Waals surface area contributed by atoms with Crippen LogP contribution in [0.2, 0.25) is 0 Å². The summed E-state index contributed by atoms with van der Waals surface area (Å²) in [5, 5.41) is 28.0. The zero-order valence-corrected chi connectivity index (χ0v) is 23.1. The highest BCUT2D eigenvalue weighted by Gasteiger charge is 2.54. The number of rotatable bonds is 11. The van der Waals surface area contributed by atoms with Crippen molar-refractivity contribution in [2.75, 3.05) is 0 Å². The smallest absolute Gasteiger partial charge is 0.392 e. The van der Waals surface area contributed by atoms with Crippen molar-refractivity contribution in [3.63, 3.8) is 0 Å². The van der Waals surface area contributed by atoms with Crippen molar-refractivity contribution in [3.8, 4) is 0 Å². The van der Waals surface area contributed by atoms with E-state index in [4.69, 9.17) is 5.11 Å². The lowest BCUT2D eigenvalue weighted by Gasteiger charge is -2.31. The molecule has 3 aromatic rings. The van der Waals surface area contributed by atoms with Crippen LogP contribution < -0.4 is 0 Å². The molecule has 222 valence electrons. The van der Waals surface area contributed by atoms with Crippen molar-refractivity contribution in [2.24, 2.45) is 0 Å². The third-order valence-electron chi connectivity index (χ3n) is 6.27. The van der Waals surface area contributed by atoms with E-state index in [1.807, 2.05) is 44.2 Å². The van der Waals surface area contributed by atoms with Gasteiger partial charge in [0.1, 0.15) is 6.10 Å². The molecule has 0 aliphatic carbocycles. The molecule has 3 nitrogen and oxygen atoms in total. The van der Waals surface area contributed by atoms with Gasteiger partial charge in [-0.25, -0.2) is 8.78 Å². The molecule has 0 aliphatic rings. The molecule has 0 bridgehead atoms. The second-order valence-electron chi connectivity index (χ2n) is 9.50. The first kappa shape index (κ1) is 35.2. The predicted octanol–water partition coefficient (Wildman–Crippen LogP) is 8.74. The third kappa shape index (κ3) is 11.7. The Bertz CT molecular complexity index is 1030. The van der Waals surface area contributed by atoms with Crippen molar-refractivity contribution in [3.05, 3.63) is 108 Å². The summed E-state index contributed by atoms with van der Waals surface area (Å²) >= 11 is 0. The van der Waals surface area contributed by atoms with Gasteiger partial charge in [0, 0.05) is 6.42 Å². The molecule has 2 unspecified atom stereocenters. The summed E-state index contributed by atoms with van der Waals surface area (Å²) in [7, 11) is 0. The molecule has 2 atom stereocenters. The van der Waals surface area contributed by atoms with Gasteiger partial charge in [-0.15, -0.1) is 0 Å². The molecule has 40 heavy (non-hydrogen) atoms. The van der Waals surface area contributed by atoms with Crippen LogP contribution in [-0.4, -0.2) is 27.4 Å². The molecular formula is C32H41F5O3. The Morgan fingerprint density at radius 3 is 1.55 bits per heavy atom. The van der Waals surface area contributed by atoms with Gasteiger partial charge in [-0.2, -0.15) is 13.2 Å². The Hall–Kier alpha value is -2.81. The monoisotopic (exact) mass is 568 g/mol. The van der Waals surface area contributed by atoms with Gasteiger partial charge in [0.05, 0.1) is 6.61 Å². The Morgan fingerprint density at radius 1 is 0.650 bits per heavy atom. The van der Waals surface area contributed by atoms with Crippen LogP contribution in [0.1, 0.15) is 81.6 Å². The van der Waals surface area contributed by atoms with E-state index in [1.54, 1.807) is 24.3 Å². The maximum Gasteiger partial charge on any atom is 0.421 e. The van der Waals surface area contributed by atoms with E-state index in [1.165, 1.54) is 36.4 Å². The van der Waals surface area contributed by atoms with Crippen molar-refractivity contribution < 1.29 is 37.3 Å². The molecule has 0 radical (unpaired) electrons. The minimum absolute atomic E-state index is 0.0800. The Balaban J connectivity index is 0.000000318. The average Bonchev–Trinajstić information content (AvgIpc) is 2.97. The van der Waals surface area contributed by atoms with Gasteiger partial charge in [0.25, 0.3) is 5.92 Å². The lowest BCUT2D eigenvalue weighted by atomic mass is 9.87. The first-order valence-electron chi connectivity index (χ1n) is 13.5. The molecule has 0 aliphatic heterocycles. The molecule has 0 amide bonds. The molecule has 0 fully saturated rings. The van der Waals surface area contributed by atoms with Crippen molar-refractivity contribution in [1.82, 2.24) is 0 Å². The van der Waals surface area contributed by atoms with Crippen molar-refractivity contribution in [1.29, 1.82) is 0 Å². The van der Waals surface area contributed by atoms with E-state index in [0.717, 1.165) is 12.0 Å². The minimum atomic E-state index is -4.64. The maximum atomic E-state index is 13.4. The number of halogens is 5. The topological polar surface area (TPSA) is 60.7 Å². The van der Waals surface area contributed by atoms with Crippen LogP contribution in [-0.2, 0) is 12.2 Å². The standard InChI is InChI=1S/C13H17F3O.C12H16F2O.C7H8O/c1-2-3-7-10-12(17,13(14,15)16)11-8-5-4-6-9-11;1-2-3-9-12(13,14)11(15)10-7-5-4-6-8-10;8-6-7-4-2-1-3-5-7/h4-6,8-9,17H,2-3,7,10H2,1H3;4-8,11,15H,2-3,9H2,1H3;1-5,8H,6H2. The summed E-state index contributed by atoms with van der Waals surface area (Å²) in [6, 6.07) is 24.9. The second kappa shape index (κ2) is 17.8. The number of aliphatic hydroxyl groups is 3. The third-order valence-corrected chi connectivity index (χ3v) is 6.27. The zero-order chi connectivity index (χ0) is 30.1. The largest absolute Gasteiger partial charge is 0.421 e. The predicted molar refractivity (Wildman–Crippen MR) is 149 cm³/mol. The lowest BCUT2D eigenvalue weighted by Crippen LogP contribution is -2.42. The van der Waals surface area contributed by atoms with Gasteiger partial charge >= 0.3 is 6.18 Å². The fourth-order valence-corrected chi connectivity index (χ4v) is 3.81. The molecule has 0 saturated carbocycles. The number of hydrogen-bond donors (Lipinski definition) is 3. The molecule has 0 heterocycles. The average molecular weight is 569 g/mol. The van der Waals surface area contributed by atoms with Gasteiger partial charge in [0.2, 0.25) is 0 Å². The van der Waals surface area contributed by atoms with E-state index < -0.39 is 23.8 Å². The highest BCUT2D eigenvalue weighted by Crippen LogP contribution is 2.42. The van der Waals surface area contributed by atoms with E-state index in [9.17, 15) is 32.2 Å². The van der Waals surface area contributed by atoms with E-state index in [-0.39, 0.29) is 30.6 Å². The van der Waals surface area contributed by atoms with Crippen LogP contribution in [0.4, 0.5) is 22.0 Å². The summed E-state index contributed by atoms with van der Waals surface area (Å²) < 4.78 is 65.8. The quantitative estimate of drug-likeness (QED) is 0.160. The SMILES string of the molecule is CCCCC(F)(F)C(O)c1ccccc1.CCCCCC(O)(c1ccccc1)C(F)(F)F.OCc1ccccc1. The summed E-state index contributed by atoms with van der Waals surface area (Å²) in [5.41, 5.74) is -1.56. The van der Waals surface area contributed by atoms with E-state index >= 15 is 0 Å². The fourth-order valence-electron chi connectivity index (χ4n) is 3.81. The molecule has 3 rings (SSSR count). The molecular weight excluding hydrogens is 527 g/mol. The summed E-state index contributed by atoms with van der Waals surface area (Å²) in [4.78, 5) is 0. The fraction of sp³-hybridized carbons (Fsp3) is 0.438. The van der Waals surface area contributed by atoms with Gasteiger partial charge in [0.15, 0.2) is 5.60 Å². The van der Waals surface area contributed by atoms with Crippen LogP contribution in [0.15, 0.2) is 91.0 Å². The van der Waals surface area contributed by atoms with Gasteiger partial charge in [-0.1, -0.05) is 124 Å². The minimum Gasteiger partial charge on any atom is -0.392 e. The number of aliphatic hydroxyl groups excluding tert-OH is 2. The zero-order valence-electron chi connectivity index (χ0n) is 23.1. The highest BCUT2D eigenvalue weighted by molar-refractivity contribution is 5.24. The number of unbranched alkanes of at least 4 members (excludes halogenated alkanes) is 3. The van der Waals surface area contributed by atoms with Crippen LogP contribution in [0.5, 0.6) is 0 Å². The van der Waals surface area contributed by atoms with E-state index in [2.05, 4.69) is 0 Å². The number of hydrogen-bond acceptors (Lipinski definition) is 3. The first-order valence-corrected chi connectivity index (χ1v) is 13.5. The highest BCUT2D eigenvalue weighted by atomic mass is 19.4. The summed E-state index contributed by atoms with van der Waals surface area (Å²) in [6.07, 6.45) is -3.87. The van der Waals surface area contributed by atoms with Crippen LogP contribution in [0.3, 0.4) is 0 Å². The Morgan fingerprint density at radius 2 is 1.12 bits per heavy atom. The Labute approximate surface area is 234 Å². The van der Waals surface area contributed by atoms with Crippen molar-refractivity contribution in [2.45, 2.75) is 89.2 Å². The molecule has 0 saturated heterocycles. The van der Waals surface area contributed by atoms with Gasteiger partial charge in [-0.05, 0) is 36.0 Å². The Kier molecular flexibility index (Phi) is 15.7. The van der Waals surface area contributed by atoms with E-state index in [0.29, 0.717) is 25.7 Å². The normalized spacial score (nSPS) is 13.7. The molecule has 0 spiro atoms. The molecule has 3 aromatic carbocycles. The number of benzene rings is 3. The summed E-state index contributed by atoms with van der Waals surface area (Å²) in [6.45, 7) is 3.90. The van der Waals surface area contributed by atoms with Crippen LogP contribution in [0.25, 0.3) is 0 Å². The lowest BCUT2D eigenvalue weighted by molar-refractivity contribution is -0.269. The summed E-state index contributed by atoms with van der Waals surface area (Å²) in [5.74, 6) is -3.03. The van der Waals surface area contributed by atoms with Gasteiger partial charge < -0.3 is 15.3 Å². The van der Waals surface area contributed by atoms with Gasteiger partial charge in [-0.3, -0.25) is 0 Å². The molecule has 3 N–H and O–H groups in total. The van der Waals surface area contributed by atoms with Crippen LogP contribution in [0, 0.1) is 0 Å². The molecule has 0 aromatic heterocycles. The number of alkyl halides is 5. The maximum absolute atomic E-state index is 13.4. The van der Waals surface area contributed by atoms with Crippen LogP contribution >= 0.6 is 0 Å². The first-order chi connectivity index (χ1) is 18.9. The molecule has 8 heteroatoms.